The normalized spacial score (nSPS) is 10.9. The Morgan fingerprint density at radius 2 is 1.67 bits per heavy atom. The number of phenolic OH excluding ortho intramolecular Hbond substituents is 2. The molecule has 0 radical (unpaired) electrons. The average molecular weight is 261 g/mol. The Hall–Kier alpha value is -2.13. The molecule has 0 aliphatic rings. The molecule has 18 heavy (non-hydrogen) atoms. The molecule has 3 aromatic rings. The quantitative estimate of drug-likeness (QED) is 0.691. The highest BCUT2D eigenvalue weighted by atomic mass is 35.5. The summed E-state index contributed by atoms with van der Waals surface area (Å²) in [6.45, 7) is 0. The summed E-state index contributed by atoms with van der Waals surface area (Å²) >= 11 is 6.00. The molecule has 0 atom stereocenters. The SMILES string of the molecule is Oc1ccc(-c2cc3c(Cl)c(O)ccc3o2)cc1. The van der Waals surface area contributed by atoms with Crippen LogP contribution in [0.1, 0.15) is 0 Å². The summed E-state index contributed by atoms with van der Waals surface area (Å²) in [7, 11) is 0. The molecule has 3 nitrogen and oxygen atoms in total. The van der Waals surface area contributed by atoms with Gasteiger partial charge in [-0.1, -0.05) is 11.6 Å². The number of aromatic hydroxyl groups is 2. The molecule has 1 aromatic heterocycles. The molecule has 3 rings (SSSR count). The second-order valence-electron chi connectivity index (χ2n) is 3.97. The summed E-state index contributed by atoms with van der Waals surface area (Å²) in [5, 5.41) is 19.7. The van der Waals surface area contributed by atoms with Crippen LogP contribution < -0.4 is 0 Å². The van der Waals surface area contributed by atoms with E-state index in [0.717, 1.165) is 5.56 Å². The first-order chi connectivity index (χ1) is 8.65. The van der Waals surface area contributed by atoms with Gasteiger partial charge < -0.3 is 14.6 Å². The van der Waals surface area contributed by atoms with Crippen molar-refractivity contribution in [3.8, 4) is 22.8 Å². The number of benzene rings is 2. The van der Waals surface area contributed by atoms with Crippen molar-refractivity contribution >= 4 is 22.6 Å². The summed E-state index contributed by atoms with van der Waals surface area (Å²) in [6.07, 6.45) is 0. The maximum atomic E-state index is 9.53. The largest absolute Gasteiger partial charge is 0.508 e. The van der Waals surface area contributed by atoms with Crippen LogP contribution in [0.3, 0.4) is 0 Å². The van der Waals surface area contributed by atoms with Gasteiger partial charge in [0.05, 0.1) is 5.02 Å². The minimum atomic E-state index is 0.0298. The summed E-state index contributed by atoms with van der Waals surface area (Å²) in [5.74, 6) is 0.866. The molecular formula is C14H9ClO3. The molecule has 0 spiro atoms. The number of hydrogen-bond acceptors (Lipinski definition) is 3. The number of phenols is 2. The van der Waals surface area contributed by atoms with Crippen molar-refractivity contribution in [2.24, 2.45) is 0 Å². The van der Waals surface area contributed by atoms with Crippen LogP contribution in [0.4, 0.5) is 0 Å². The van der Waals surface area contributed by atoms with Crippen molar-refractivity contribution < 1.29 is 14.6 Å². The number of halogens is 1. The van der Waals surface area contributed by atoms with Crippen LogP contribution in [-0.2, 0) is 0 Å². The van der Waals surface area contributed by atoms with Crippen LogP contribution in [0.2, 0.25) is 5.02 Å². The Balaban J connectivity index is 2.19. The van der Waals surface area contributed by atoms with Crippen LogP contribution in [-0.4, -0.2) is 10.2 Å². The monoisotopic (exact) mass is 260 g/mol. The zero-order valence-corrected chi connectivity index (χ0v) is 9.98. The molecule has 0 unspecified atom stereocenters. The van der Waals surface area contributed by atoms with Gasteiger partial charge in [-0.05, 0) is 42.5 Å². The highest BCUT2D eigenvalue weighted by Crippen LogP contribution is 2.36. The van der Waals surface area contributed by atoms with E-state index in [2.05, 4.69) is 0 Å². The molecule has 0 amide bonds. The summed E-state index contributed by atoms with van der Waals surface area (Å²) in [6, 6.07) is 11.6. The Bertz CT molecular complexity index is 714. The molecular weight excluding hydrogens is 252 g/mol. The van der Waals surface area contributed by atoms with Gasteiger partial charge in [0, 0.05) is 10.9 Å². The molecule has 4 heteroatoms. The molecule has 2 N–H and O–H groups in total. The van der Waals surface area contributed by atoms with Crippen molar-refractivity contribution in [1.29, 1.82) is 0 Å². The summed E-state index contributed by atoms with van der Waals surface area (Å²) < 4.78 is 5.65. The smallest absolute Gasteiger partial charge is 0.136 e. The van der Waals surface area contributed by atoms with E-state index in [4.69, 9.17) is 16.0 Å². The van der Waals surface area contributed by atoms with Gasteiger partial charge in [0.15, 0.2) is 0 Å². The second-order valence-corrected chi connectivity index (χ2v) is 4.35. The van der Waals surface area contributed by atoms with Gasteiger partial charge >= 0.3 is 0 Å². The standard InChI is InChI=1S/C14H9ClO3/c15-14-10-7-13(8-1-3-9(16)4-2-8)18-12(10)6-5-11(14)17/h1-7,16-17H. The minimum Gasteiger partial charge on any atom is -0.508 e. The predicted molar refractivity (Wildman–Crippen MR) is 70.0 cm³/mol. The fraction of sp³-hybridized carbons (Fsp3) is 0. The summed E-state index contributed by atoms with van der Waals surface area (Å²) in [4.78, 5) is 0. The zero-order valence-electron chi connectivity index (χ0n) is 9.22. The molecule has 0 aliphatic carbocycles. The van der Waals surface area contributed by atoms with Crippen LogP contribution in [0.25, 0.3) is 22.3 Å². The topological polar surface area (TPSA) is 53.6 Å². The molecule has 0 bridgehead atoms. The molecule has 90 valence electrons. The first kappa shape index (κ1) is 11.0. The predicted octanol–water partition coefficient (Wildman–Crippen LogP) is 4.16. The molecule has 1 heterocycles. The lowest BCUT2D eigenvalue weighted by Crippen LogP contribution is -1.71. The Kier molecular flexibility index (Phi) is 2.42. The molecule has 2 aromatic carbocycles. The zero-order chi connectivity index (χ0) is 12.7. The lowest BCUT2D eigenvalue weighted by molar-refractivity contribution is 0.475. The fourth-order valence-electron chi connectivity index (χ4n) is 1.83. The van der Waals surface area contributed by atoms with E-state index in [1.54, 1.807) is 36.4 Å². The van der Waals surface area contributed by atoms with E-state index in [-0.39, 0.29) is 16.5 Å². The summed E-state index contributed by atoms with van der Waals surface area (Å²) in [5.41, 5.74) is 1.44. The van der Waals surface area contributed by atoms with Crippen molar-refractivity contribution in [3.05, 3.63) is 47.5 Å². The maximum absolute atomic E-state index is 9.53. The fourth-order valence-corrected chi connectivity index (χ4v) is 2.04. The number of fused-ring (bicyclic) bond motifs is 1. The van der Waals surface area contributed by atoms with Gasteiger partial charge in [-0.2, -0.15) is 0 Å². The van der Waals surface area contributed by atoms with E-state index in [1.807, 2.05) is 0 Å². The molecule has 0 fully saturated rings. The van der Waals surface area contributed by atoms with Gasteiger partial charge in [0.1, 0.15) is 22.8 Å². The number of rotatable bonds is 1. The molecule has 0 saturated heterocycles. The van der Waals surface area contributed by atoms with E-state index < -0.39 is 0 Å². The first-order valence-electron chi connectivity index (χ1n) is 5.35. The molecule has 0 saturated carbocycles. The van der Waals surface area contributed by atoms with Crippen LogP contribution >= 0.6 is 11.6 Å². The van der Waals surface area contributed by atoms with Crippen LogP contribution in [0.5, 0.6) is 11.5 Å². The van der Waals surface area contributed by atoms with Crippen molar-refractivity contribution in [1.82, 2.24) is 0 Å². The van der Waals surface area contributed by atoms with Crippen LogP contribution in [0.15, 0.2) is 46.9 Å². The Morgan fingerprint density at radius 3 is 2.39 bits per heavy atom. The number of hydrogen-bond donors (Lipinski definition) is 2. The van der Waals surface area contributed by atoms with E-state index >= 15 is 0 Å². The highest BCUT2D eigenvalue weighted by molar-refractivity contribution is 6.36. The minimum absolute atomic E-state index is 0.0298. The van der Waals surface area contributed by atoms with Gasteiger partial charge in [-0.25, -0.2) is 0 Å². The third kappa shape index (κ3) is 1.69. The lowest BCUT2D eigenvalue weighted by Gasteiger charge is -1.96. The highest BCUT2D eigenvalue weighted by Gasteiger charge is 2.11. The van der Waals surface area contributed by atoms with Gasteiger partial charge in [0.25, 0.3) is 0 Å². The van der Waals surface area contributed by atoms with Gasteiger partial charge in [-0.3, -0.25) is 0 Å². The van der Waals surface area contributed by atoms with Gasteiger partial charge in [0.2, 0.25) is 0 Å². The number of furan rings is 1. The third-order valence-electron chi connectivity index (χ3n) is 2.77. The second kappa shape index (κ2) is 3.96. The van der Waals surface area contributed by atoms with Crippen molar-refractivity contribution in [3.63, 3.8) is 0 Å². The van der Waals surface area contributed by atoms with E-state index in [9.17, 15) is 10.2 Å². The van der Waals surface area contributed by atoms with E-state index in [0.29, 0.717) is 16.7 Å². The maximum Gasteiger partial charge on any atom is 0.136 e. The third-order valence-corrected chi connectivity index (χ3v) is 3.16. The average Bonchev–Trinajstić information content (AvgIpc) is 2.80. The van der Waals surface area contributed by atoms with Crippen molar-refractivity contribution in [2.75, 3.05) is 0 Å². The lowest BCUT2D eigenvalue weighted by atomic mass is 10.1. The van der Waals surface area contributed by atoms with Crippen molar-refractivity contribution in [2.45, 2.75) is 0 Å². The van der Waals surface area contributed by atoms with Gasteiger partial charge in [-0.15, -0.1) is 0 Å². The van der Waals surface area contributed by atoms with E-state index in [1.165, 1.54) is 6.07 Å². The van der Waals surface area contributed by atoms with Crippen LogP contribution in [0, 0.1) is 0 Å². The Labute approximate surface area is 108 Å². The molecule has 0 aliphatic heterocycles. The first-order valence-corrected chi connectivity index (χ1v) is 5.73. The Morgan fingerprint density at radius 1 is 0.944 bits per heavy atom.